The largest absolute Gasteiger partial charge is 0.358 e. The summed E-state index contributed by atoms with van der Waals surface area (Å²) in [4.78, 5) is 7.42. The summed E-state index contributed by atoms with van der Waals surface area (Å²) < 4.78 is 2.00. The molecule has 0 radical (unpaired) electrons. The van der Waals surface area contributed by atoms with Crippen LogP contribution in [-0.4, -0.2) is 14.4 Å². The normalized spacial score (nSPS) is 11.3. The Bertz CT molecular complexity index is 483. The molecule has 0 saturated heterocycles. The molecule has 0 aliphatic heterocycles. The summed E-state index contributed by atoms with van der Waals surface area (Å²) in [6.45, 7) is 0. The molecule has 0 amide bonds. The monoisotopic (exact) mass is 157 g/mol. The lowest BCUT2D eigenvalue weighted by Crippen LogP contribution is -1.82. The highest BCUT2D eigenvalue weighted by atomic mass is 15.0. The van der Waals surface area contributed by atoms with Crippen molar-refractivity contribution in [1.29, 1.82) is 0 Å². The summed E-state index contributed by atoms with van der Waals surface area (Å²) in [5.74, 6) is 0. The lowest BCUT2D eigenvalue weighted by Gasteiger charge is -1.93. The highest BCUT2D eigenvalue weighted by molar-refractivity contribution is 5.90. The zero-order valence-electron chi connectivity index (χ0n) is 6.36. The van der Waals surface area contributed by atoms with E-state index in [0.717, 1.165) is 11.2 Å². The fourth-order valence-electron chi connectivity index (χ4n) is 1.50. The first-order chi connectivity index (χ1) is 5.95. The molecule has 3 rings (SSSR count). The van der Waals surface area contributed by atoms with Gasteiger partial charge in [0.25, 0.3) is 0 Å². The molecular formula is C9H7N3. The first kappa shape index (κ1) is 5.83. The predicted octanol–water partition coefficient (Wildman–Crippen LogP) is 1.82. The van der Waals surface area contributed by atoms with E-state index in [9.17, 15) is 0 Å². The van der Waals surface area contributed by atoms with Gasteiger partial charge in [0.05, 0.1) is 5.52 Å². The molecule has 3 heterocycles. The molecule has 0 aliphatic carbocycles. The average molecular weight is 157 g/mol. The molecule has 0 spiro atoms. The molecule has 3 aromatic heterocycles. The fraction of sp³-hybridized carbons (Fsp3) is 0. The third kappa shape index (κ3) is 0.580. The Balaban J connectivity index is 2.71. The molecule has 12 heavy (non-hydrogen) atoms. The van der Waals surface area contributed by atoms with E-state index in [1.807, 2.05) is 29.1 Å². The number of nitrogens with zero attached hydrogens (tertiary/aromatic N) is 2. The van der Waals surface area contributed by atoms with Gasteiger partial charge in [-0.15, -0.1) is 0 Å². The highest BCUT2D eigenvalue weighted by Gasteiger charge is 2.00. The van der Waals surface area contributed by atoms with Crippen LogP contribution in [0.3, 0.4) is 0 Å². The van der Waals surface area contributed by atoms with Gasteiger partial charge in [0.15, 0.2) is 5.65 Å². The van der Waals surface area contributed by atoms with Crippen molar-refractivity contribution in [2.45, 2.75) is 0 Å². The Labute approximate surface area is 68.7 Å². The Hall–Kier alpha value is -1.77. The van der Waals surface area contributed by atoms with Crippen molar-refractivity contribution in [1.82, 2.24) is 14.4 Å². The minimum atomic E-state index is 0.984. The summed E-state index contributed by atoms with van der Waals surface area (Å²) in [5, 5.41) is 1.20. The van der Waals surface area contributed by atoms with Gasteiger partial charge in [-0.05, 0) is 12.1 Å². The van der Waals surface area contributed by atoms with E-state index in [-0.39, 0.29) is 0 Å². The number of aromatic nitrogens is 3. The number of hydrogen-bond donors (Lipinski definition) is 1. The van der Waals surface area contributed by atoms with Crippen LogP contribution in [0.5, 0.6) is 0 Å². The summed E-state index contributed by atoms with van der Waals surface area (Å²) >= 11 is 0. The SMILES string of the molecule is c1cn2ccc3cc[nH]c3c2n1. The van der Waals surface area contributed by atoms with Crippen LogP contribution in [0.1, 0.15) is 0 Å². The number of H-pyrrole nitrogens is 1. The Morgan fingerprint density at radius 3 is 3.25 bits per heavy atom. The molecule has 0 atom stereocenters. The molecule has 3 aromatic rings. The van der Waals surface area contributed by atoms with Crippen LogP contribution in [0.15, 0.2) is 36.9 Å². The molecule has 1 N–H and O–H groups in total. The van der Waals surface area contributed by atoms with Crippen LogP contribution in [0, 0.1) is 0 Å². The van der Waals surface area contributed by atoms with Crippen LogP contribution in [0.4, 0.5) is 0 Å². The van der Waals surface area contributed by atoms with Crippen LogP contribution in [0.2, 0.25) is 0 Å². The van der Waals surface area contributed by atoms with E-state index >= 15 is 0 Å². The Kier molecular flexibility index (Phi) is 0.913. The molecule has 3 heteroatoms. The zero-order chi connectivity index (χ0) is 7.97. The fourth-order valence-corrected chi connectivity index (χ4v) is 1.50. The topological polar surface area (TPSA) is 33.1 Å². The smallest absolute Gasteiger partial charge is 0.161 e. The third-order valence-electron chi connectivity index (χ3n) is 2.09. The lowest BCUT2D eigenvalue weighted by molar-refractivity contribution is 1.20. The van der Waals surface area contributed by atoms with Gasteiger partial charge < -0.3 is 9.38 Å². The van der Waals surface area contributed by atoms with Gasteiger partial charge in [0.2, 0.25) is 0 Å². The minimum Gasteiger partial charge on any atom is -0.358 e. The van der Waals surface area contributed by atoms with E-state index in [4.69, 9.17) is 0 Å². The molecular weight excluding hydrogens is 150 g/mol. The maximum atomic E-state index is 4.25. The van der Waals surface area contributed by atoms with E-state index < -0.39 is 0 Å². The number of aromatic amines is 1. The number of imidazole rings is 1. The van der Waals surface area contributed by atoms with Crippen LogP contribution >= 0.6 is 0 Å². The Morgan fingerprint density at radius 1 is 1.25 bits per heavy atom. The van der Waals surface area contributed by atoms with Crippen LogP contribution < -0.4 is 0 Å². The first-order valence-electron chi connectivity index (χ1n) is 3.84. The van der Waals surface area contributed by atoms with Gasteiger partial charge in [-0.1, -0.05) is 0 Å². The summed E-state index contributed by atoms with van der Waals surface area (Å²) in [7, 11) is 0. The summed E-state index contributed by atoms with van der Waals surface area (Å²) in [5.41, 5.74) is 2.08. The second-order valence-electron chi connectivity index (χ2n) is 2.78. The predicted molar refractivity (Wildman–Crippen MR) is 47.0 cm³/mol. The van der Waals surface area contributed by atoms with Crippen molar-refractivity contribution in [2.24, 2.45) is 0 Å². The minimum absolute atomic E-state index is 0.984. The third-order valence-corrected chi connectivity index (χ3v) is 2.09. The van der Waals surface area contributed by atoms with Crippen molar-refractivity contribution in [3.05, 3.63) is 36.9 Å². The standard InChI is InChI=1S/C9H7N3/c1-3-10-8-7(1)2-5-12-6-4-11-9(8)12/h1-6,10H. The zero-order valence-corrected chi connectivity index (χ0v) is 6.36. The van der Waals surface area contributed by atoms with E-state index in [1.54, 1.807) is 6.20 Å². The maximum Gasteiger partial charge on any atom is 0.161 e. The van der Waals surface area contributed by atoms with Gasteiger partial charge in [-0.2, -0.15) is 0 Å². The first-order valence-corrected chi connectivity index (χ1v) is 3.84. The lowest BCUT2D eigenvalue weighted by atomic mass is 10.3. The van der Waals surface area contributed by atoms with Crippen molar-refractivity contribution >= 4 is 16.6 Å². The molecule has 0 aromatic carbocycles. The number of hydrogen-bond acceptors (Lipinski definition) is 1. The second-order valence-corrected chi connectivity index (χ2v) is 2.78. The molecule has 0 bridgehead atoms. The van der Waals surface area contributed by atoms with Crippen molar-refractivity contribution in [3.8, 4) is 0 Å². The summed E-state index contributed by atoms with van der Waals surface area (Å²) in [6.07, 6.45) is 7.68. The molecule has 0 unspecified atom stereocenters. The molecule has 3 nitrogen and oxygen atoms in total. The molecule has 58 valence electrons. The van der Waals surface area contributed by atoms with Crippen molar-refractivity contribution in [3.63, 3.8) is 0 Å². The van der Waals surface area contributed by atoms with Gasteiger partial charge in [0.1, 0.15) is 0 Å². The Morgan fingerprint density at radius 2 is 2.25 bits per heavy atom. The van der Waals surface area contributed by atoms with E-state index in [2.05, 4.69) is 16.0 Å². The molecule has 0 aliphatic rings. The van der Waals surface area contributed by atoms with Gasteiger partial charge in [-0.25, -0.2) is 4.98 Å². The summed E-state index contributed by atoms with van der Waals surface area (Å²) in [6, 6.07) is 4.12. The van der Waals surface area contributed by atoms with Crippen molar-refractivity contribution < 1.29 is 0 Å². The number of fused-ring (bicyclic) bond motifs is 3. The molecule has 0 fully saturated rings. The van der Waals surface area contributed by atoms with Crippen LogP contribution in [-0.2, 0) is 0 Å². The highest BCUT2D eigenvalue weighted by Crippen LogP contribution is 2.15. The number of rotatable bonds is 0. The van der Waals surface area contributed by atoms with Gasteiger partial charge in [-0.3, -0.25) is 0 Å². The van der Waals surface area contributed by atoms with Gasteiger partial charge in [0, 0.05) is 30.2 Å². The van der Waals surface area contributed by atoms with Gasteiger partial charge >= 0.3 is 0 Å². The number of pyridine rings is 1. The second kappa shape index (κ2) is 1.88. The quantitative estimate of drug-likeness (QED) is 0.530. The van der Waals surface area contributed by atoms with Crippen molar-refractivity contribution in [2.75, 3.05) is 0 Å². The maximum absolute atomic E-state index is 4.25. The van der Waals surface area contributed by atoms with E-state index in [1.165, 1.54) is 5.39 Å². The van der Waals surface area contributed by atoms with Crippen LogP contribution in [0.25, 0.3) is 16.6 Å². The average Bonchev–Trinajstić information content (AvgIpc) is 2.71. The number of nitrogens with one attached hydrogen (secondary N) is 1. The molecule has 0 saturated carbocycles. The van der Waals surface area contributed by atoms with E-state index in [0.29, 0.717) is 0 Å².